The average Bonchev–Trinajstić information content (AvgIpc) is 3.77. The van der Waals surface area contributed by atoms with Crippen LogP contribution in [0.1, 0.15) is 99.8 Å². The number of rotatable bonds is 30. The fourth-order valence-electron chi connectivity index (χ4n) is 7.00. The topological polar surface area (TPSA) is 435 Å². The molecule has 0 bridgehead atoms. The average molecular weight is 970 g/mol. The number of aliphatic imine (C=N–C) groups is 1. The third kappa shape index (κ3) is 20.0. The molecule has 11 unspecified atom stereocenters. The van der Waals surface area contributed by atoms with Crippen molar-refractivity contribution >= 4 is 65.1 Å². The highest BCUT2D eigenvalue weighted by molar-refractivity contribution is 5.99. The predicted octanol–water partition coefficient (Wildman–Crippen LogP) is -5.15. The van der Waals surface area contributed by atoms with Gasteiger partial charge in [-0.3, -0.25) is 48.1 Å². The molecule has 9 amide bonds. The molecule has 26 nitrogen and oxygen atoms in total. The molecule has 18 N–H and O–H groups in total. The van der Waals surface area contributed by atoms with Crippen LogP contribution in [0.3, 0.4) is 0 Å². The van der Waals surface area contributed by atoms with E-state index in [2.05, 4.69) is 42.2 Å². The molecule has 0 saturated carbocycles. The fourth-order valence-corrected chi connectivity index (χ4v) is 7.00. The van der Waals surface area contributed by atoms with Crippen LogP contribution in [0.15, 0.2) is 4.99 Å². The molecule has 26 heteroatoms. The van der Waals surface area contributed by atoms with E-state index < -0.39 is 145 Å². The number of carboxylic acid groups (broad SMARTS) is 1. The number of nitrogens with zero attached hydrogens (tertiary/aromatic N) is 2. The third-order valence-corrected chi connectivity index (χ3v) is 11.4. The molecule has 1 aliphatic rings. The van der Waals surface area contributed by atoms with Crippen LogP contribution in [-0.4, -0.2) is 166 Å². The number of amides is 9. The number of hydrogen-bond donors (Lipinski definition) is 14. The van der Waals surface area contributed by atoms with Crippen LogP contribution in [0.2, 0.25) is 0 Å². The van der Waals surface area contributed by atoms with Gasteiger partial charge in [-0.15, -0.1) is 0 Å². The predicted molar refractivity (Wildman–Crippen MR) is 246 cm³/mol. The molecule has 1 rings (SSSR count). The van der Waals surface area contributed by atoms with Crippen LogP contribution >= 0.6 is 0 Å². The first-order valence-electron chi connectivity index (χ1n) is 22.8. The molecular formula is C42H75N13O13. The van der Waals surface area contributed by atoms with Crippen LogP contribution in [0.25, 0.3) is 0 Å². The molecule has 386 valence electrons. The lowest BCUT2D eigenvalue weighted by Crippen LogP contribution is -2.61. The largest absolute Gasteiger partial charge is 0.480 e. The van der Waals surface area contributed by atoms with E-state index in [0.29, 0.717) is 19.3 Å². The van der Waals surface area contributed by atoms with Crippen molar-refractivity contribution in [3.05, 3.63) is 0 Å². The van der Waals surface area contributed by atoms with Crippen molar-refractivity contribution in [2.75, 3.05) is 26.2 Å². The number of aliphatic carboxylic acids is 1. The van der Waals surface area contributed by atoms with E-state index in [9.17, 15) is 63.3 Å². The fraction of sp³-hybridized carbons (Fsp3) is 0.738. The minimum Gasteiger partial charge on any atom is -0.480 e. The Kier molecular flexibility index (Phi) is 26.0. The zero-order valence-electron chi connectivity index (χ0n) is 40.0. The number of nitrogens with two attached hydrogens (primary N) is 4. The normalized spacial score (nSPS) is 17.8. The van der Waals surface area contributed by atoms with Gasteiger partial charge in [0.05, 0.1) is 25.7 Å². The Labute approximate surface area is 396 Å². The standard InChI is InChI=1S/C42H75N13O13/c1-8-21(5)32(40(66)55-15-11-13-28(55)38(64)52-27(19-56)37(63)54-33(41(67)68)22(6)9-2)53-36(62)26(17-29(43)58)51-34(60)24(12-10-14-47-42(45)46)50-35(61)25(16-20(3)4)49-30(59)18-48-39(65)31(44)23(7)57/h20-28,31-33,56-57H,8-19,44H2,1-7H3,(H2,43,58)(H,48,65)(H,49,59)(H,50,61)(H,51,60)(H,52,64)(H,53,62)(H,54,63)(H,67,68)(H4,45,46,47). The summed E-state index contributed by atoms with van der Waals surface area (Å²) in [6, 6.07) is -11.1. The first-order chi connectivity index (χ1) is 31.8. The van der Waals surface area contributed by atoms with Crippen molar-refractivity contribution in [2.45, 2.75) is 154 Å². The smallest absolute Gasteiger partial charge is 0.326 e. The molecule has 1 fully saturated rings. The van der Waals surface area contributed by atoms with Gasteiger partial charge in [0.25, 0.3) is 0 Å². The van der Waals surface area contributed by atoms with Gasteiger partial charge in [0, 0.05) is 13.1 Å². The van der Waals surface area contributed by atoms with E-state index in [-0.39, 0.29) is 50.7 Å². The Morgan fingerprint density at radius 1 is 0.721 bits per heavy atom. The molecule has 68 heavy (non-hydrogen) atoms. The maximum absolute atomic E-state index is 14.3. The van der Waals surface area contributed by atoms with Gasteiger partial charge in [-0.25, -0.2) is 4.79 Å². The van der Waals surface area contributed by atoms with Crippen molar-refractivity contribution in [2.24, 2.45) is 45.7 Å². The summed E-state index contributed by atoms with van der Waals surface area (Å²) in [5, 5.41) is 46.3. The zero-order valence-corrected chi connectivity index (χ0v) is 40.0. The summed E-state index contributed by atoms with van der Waals surface area (Å²) < 4.78 is 0. The van der Waals surface area contributed by atoms with Gasteiger partial charge in [-0.2, -0.15) is 0 Å². The summed E-state index contributed by atoms with van der Waals surface area (Å²) in [6.45, 7) is 10.1. The molecule has 0 spiro atoms. The highest BCUT2D eigenvalue weighted by Gasteiger charge is 2.42. The summed E-state index contributed by atoms with van der Waals surface area (Å²) in [4.78, 5) is 137. The highest BCUT2D eigenvalue weighted by Crippen LogP contribution is 2.22. The second-order valence-corrected chi connectivity index (χ2v) is 17.5. The lowest BCUT2D eigenvalue weighted by Gasteiger charge is -2.33. The van der Waals surface area contributed by atoms with Crippen LogP contribution in [0.5, 0.6) is 0 Å². The number of likely N-dealkylation sites (tertiary alicyclic amines) is 1. The number of hydrogen-bond acceptors (Lipinski definition) is 14. The first kappa shape index (κ1) is 59.9. The number of aliphatic hydroxyl groups excluding tert-OH is 2. The number of aliphatic hydroxyl groups is 2. The molecular weight excluding hydrogens is 895 g/mol. The Morgan fingerprint density at radius 3 is 1.79 bits per heavy atom. The van der Waals surface area contributed by atoms with Gasteiger partial charge in [0.1, 0.15) is 48.3 Å². The van der Waals surface area contributed by atoms with Gasteiger partial charge in [0.2, 0.25) is 53.2 Å². The number of carboxylic acids is 1. The molecule has 0 aliphatic carbocycles. The zero-order chi connectivity index (χ0) is 52.0. The van der Waals surface area contributed by atoms with Crippen molar-refractivity contribution in [3.8, 4) is 0 Å². The SMILES string of the molecule is CCC(C)C(NC(=O)C(CO)NC(=O)C1CCCN1C(=O)C(NC(=O)C(CC(N)=O)NC(=O)C(CCCN=C(N)N)NC(=O)C(CC(C)C)NC(=O)CNC(=O)C(N)C(C)O)C(C)CC)C(=O)O. The second kappa shape index (κ2) is 29.6. The van der Waals surface area contributed by atoms with Crippen LogP contribution < -0.4 is 60.2 Å². The van der Waals surface area contributed by atoms with Crippen molar-refractivity contribution in [1.82, 2.24) is 42.1 Å². The number of carbonyl (C=O) groups is 10. The molecule has 11 atom stereocenters. The van der Waals surface area contributed by atoms with Crippen molar-refractivity contribution < 1.29 is 63.3 Å². The van der Waals surface area contributed by atoms with Crippen LogP contribution in [0, 0.1) is 17.8 Å². The Bertz CT molecular complexity index is 1800. The van der Waals surface area contributed by atoms with Gasteiger partial charge in [-0.05, 0) is 56.8 Å². The molecule has 0 aromatic rings. The Hall–Kier alpha value is -6.15. The summed E-state index contributed by atoms with van der Waals surface area (Å²) >= 11 is 0. The Balaban J connectivity index is 3.39. The van der Waals surface area contributed by atoms with E-state index in [1.807, 2.05) is 0 Å². The second-order valence-electron chi connectivity index (χ2n) is 17.5. The van der Waals surface area contributed by atoms with Crippen molar-refractivity contribution in [3.63, 3.8) is 0 Å². The van der Waals surface area contributed by atoms with E-state index >= 15 is 0 Å². The van der Waals surface area contributed by atoms with E-state index in [1.54, 1.807) is 41.5 Å². The number of carbonyl (C=O) groups excluding carboxylic acids is 9. The molecule has 1 saturated heterocycles. The van der Waals surface area contributed by atoms with Crippen LogP contribution in [0.4, 0.5) is 0 Å². The maximum Gasteiger partial charge on any atom is 0.326 e. The van der Waals surface area contributed by atoms with Gasteiger partial charge in [-0.1, -0.05) is 54.4 Å². The van der Waals surface area contributed by atoms with Crippen LogP contribution in [-0.2, 0) is 47.9 Å². The summed E-state index contributed by atoms with van der Waals surface area (Å²) in [6.07, 6.45) is -0.709. The van der Waals surface area contributed by atoms with Gasteiger partial charge in [0.15, 0.2) is 5.96 Å². The van der Waals surface area contributed by atoms with Gasteiger partial charge >= 0.3 is 5.97 Å². The summed E-state index contributed by atoms with van der Waals surface area (Å²) in [7, 11) is 0. The maximum atomic E-state index is 14.3. The number of primary amides is 1. The van der Waals surface area contributed by atoms with Crippen molar-refractivity contribution in [1.29, 1.82) is 0 Å². The minimum atomic E-state index is -1.70. The molecule has 0 radical (unpaired) electrons. The molecule has 1 heterocycles. The molecule has 0 aromatic carbocycles. The number of nitrogens with one attached hydrogen (secondary N) is 7. The number of guanidine groups is 1. The first-order valence-corrected chi connectivity index (χ1v) is 22.8. The summed E-state index contributed by atoms with van der Waals surface area (Å²) in [5.41, 5.74) is 22.0. The molecule has 0 aromatic heterocycles. The lowest BCUT2D eigenvalue weighted by molar-refractivity contribution is -0.145. The summed E-state index contributed by atoms with van der Waals surface area (Å²) in [5.74, 6) is -10.7. The monoisotopic (exact) mass is 970 g/mol. The van der Waals surface area contributed by atoms with E-state index in [0.717, 1.165) is 0 Å². The highest BCUT2D eigenvalue weighted by atomic mass is 16.4. The Morgan fingerprint density at radius 2 is 1.26 bits per heavy atom. The van der Waals surface area contributed by atoms with E-state index in [1.165, 1.54) is 11.8 Å². The lowest BCUT2D eigenvalue weighted by atomic mass is 9.96. The third-order valence-electron chi connectivity index (χ3n) is 11.4. The van der Waals surface area contributed by atoms with Gasteiger partial charge < -0.3 is 80.4 Å². The molecule has 1 aliphatic heterocycles. The van der Waals surface area contributed by atoms with E-state index in [4.69, 9.17) is 22.9 Å². The quantitative estimate of drug-likeness (QED) is 0.0182. The minimum absolute atomic E-state index is 0.0130.